The lowest BCUT2D eigenvalue weighted by Crippen LogP contribution is -2.49. The van der Waals surface area contributed by atoms with Crippen LogP contribution in [0.15, 0.2) is 0 Å². The Kier molecular flexibility index (Phi) is 12.9. The fourth-order valence-electron chi connectivity index (χ4n) is 2.79. The van der Waals surface area contributed by atoms with Gasteiger partial charge in [-0.3, -0.25) is 4.79 Å². The molecule has 0 aliphatic carbocycles. The van der Waals surface area contributed by atoms with Gasteiger partial charge >= 0.3 is 14.8 Å². The molecule has 0 aromatic rings. The Morgan fingerprint density at radius 2 is 1.36 bits per heavy atom. The molecule has 6 nitrogen and oxygen atoms in total. The summed E-state index contributed by atoms with van der Waals surface area (Å²) in [4.78, 5) is 11.3. The van der Waals surface area contributed by atoms with Crippen LogP contribution in [0, 0.1) is 0 Å². The molecule has 0 aromatic heterocycles. The minimum atomic E-state index is -2.56. The van der Waals surface area contributed by atoms with Crippen LogP contribution in [-0.2, 0) is 22.8 Å². The summed E-state index contributed by atoms with van der Waals surface area (Å²) in [6.45, 7) is 16.7. The second kappa shape index (κ2) is 13.0. The molecule has 8 heteroatoms. The van der Waals surface area contributed by atoms with Crippen molar-refractivity contribution in [3.05, 3.63) is 0 Å². The van der Waals surface area contributed by atoms with Crippen LogP contribution < -0.4 is 0 Å². The number of ether oxygens (including phenoxy) is 1. The van der Waals surface area contributed by atoms with Gasteiger partial charge in [-0.05, 0) is 46.7 Å². The molecule has 25 heavy (non-hydrogen) atoms. The summed E-state index contributed by atoms with van der Waals surface area (Å²) >= 11 is 0. The van der Waals surface area contributed by atoms with Gasteiger partial charge in [0, 0.05) is 32.3 Å². The predicted octanol–water partition coefficient (Wildman–Crippen LogP) is 3.52. The average Bonchev–Trinajstić information content (AvgIpc) is 2.53. The van der Waals surface area contributed by atoms with Crippen LogP contribution >= 0.6 is 0 Å². The number of hydrogen-bond donors (Lipinski definition) is 0. The Morgan fingerprint density at radius 1 is 0.880 bits per heavy atom. The van der Waals surface area contributed by atoms with Gasteiger partial charge in [0.1, 0.15) is 8.24 Å². The Hall–Kier alpha value is -0.256. The molecule has 0 amide bonds. The third-order valence-electron chi connectivity index (χ3n) is 3.99. The van der Waals surface area contributed by atoms with Crippen molar-refractivity contribution in [1.29, 1.82) is 0 Å². The van der Waals surface area contributed by atoms with Crippen LogP contribution in [0.2, 0.25) is 25.7 Å². The van der Waals surface area contributed by atoms with E-state index in [1.807, 2.05) is 20.8 Å². The molecule has 0 atom stereocenters. The topological polar surface area (TPSA) is 57.2 Å². The molecule has 0 saturated carbocycles. The van der Waals surface area contributed by atoms with Gasteiger partial charge in [0.2, 0.25) is 0 Å². The Balaban J connectivity index is 4.65. The summed E-state index contributed by atoms with van der Waals surface area (Å²) in [5.74, 6) is -0.133. The van der Waals surface area contributed by atoms with E-state index in [1.54, 1.807) is 0 Å². The maximum Gasteiger partial charge on any atom is 0.500 e. The minimum absolute atomic E-state index is 0.133. The summed E-state index contributed by atoms with van der Waals surface area (Å²) in [5.41, 5.74) is 0. The van der Waals surface area contributed by atoms with Crippen LogP contribution in [0.5, 0.6) is 0 Å². The van der Waals surface area contributed by atoms with Gasteiger partial charge in [0.05, 0.1) is 7.11 Å². The minimum Gasteiger partial charge on any atom is -0.469 e. The summed E-state index contributed by atoms with van der Waals surface area (Å²) in [6.07, 6.45) is 2.30. The van der Waals surface area contributed by atoms with E-state index in [2.05, 4.69) is 24.2 Å². The van der Waals surface area contributed by atoms with Crippen molar-refractivity contribution in [3.63, 3.8) is 0 Å². The quantitative estimate of drug-likeness (QED) is 0.313. The first kappa shape index (κ1) is 24.7. The third kappa shape index (κ3) is 10.5. The van der Waals surface area contributed by atoms with Crippen LogP contribution in [-0.4, -0.2) is 67.6 Å². The van der Waals surface area contributed by atoms with Crippen LogP contribution in [0.3, 0.4) is 0 Å². The second-order valence-corrected chi connectivity index (χ2v) is 14.6. The van der Waals surface area contributed by atoms with E-state index in [0.29, 0.717) is 26.2 Å². The fourth-order valence-corrected chi connectivity index (χ4v) is 7.04. The van der Waals surface area contributed by atoms with Gasteiger partial charge in [-0.2, -0.15) is 0 Å². The molecule has 0 radical (unpaired) electrons. The number of esters is 1. The van der Waals surface area contributed by atoms with E-state index in [1.165, 1.54) is 7.11 Å². The molecule has 0 aromatic carbocycles. The molecular weight excluding hydrogens is 354 g/mol. The third-order valence-corrected chi connectivity index (χ3v) is 9.49. The molecule has 0 N–H and O–H groups in total. The molecule has 0 fully saturated rings. The molecule has 150 valence electrons. The van der Waals surface area contributed by atoms with Crippen molar-refractivity contribution >= 4 is 23.0 Å². The maximum absolute atomic E-state index is 11.3. The Morgan fingerprint density at radius 3 is 1.76 bits per heavy atom. The van der Waals surface area contributed by atoms with Crippen LogP contribution in [0.25, 0.3) is 0 Å². The van der Waals surface area contributed by atoms with E-state index in [0.717, 1.165) is 32.0 Å². The highest BCUT2D eigenvalue weighted by Gasteiger charge is 2.40. The highest BCUT2D eigenvalue weighted by atomic mass is 28.4. The summed E-state index contributed by atoms with van der Waals surface area (Å²) in [6, 6.07) is 0.834. The normalized spacial score (nSPS) is 12.6. The molecule has 0 spiro atoms. The first-order chi connectivity index (χ1) is 11.7. The predicted molar refractivity (Wildman–Crippen MR) is 106 cm³/mol. The van der Waals surface area contributed by atoms with Crippen molar-refractivity contribution in [1.82, 2.24) is 4.57 Å². The zero-order chi connectivity index (χ0) is 19.3. The molecule has 0 aliphatic heterocycles. The summed E-state index contributed by atoms with van der Waals surface area (Å²) < 4.78 is 25.1. The van der Waals surface area contributed by atoms with Crippen molar-refractivity contribution in [2.45, 2.75) is 65.7 Å². The number of hydrogen-bond acceptors (Lipinski definition) is 6. The van der Waals surface area contributed by atoms with E-state index in [-0.39, 0.29) is 5.97 Å². The van der Waals surface area contributed by atoms with Gasteiger partial charge in [-0.25, -0.2) is 0 Å². The van der Waals surface area contributed by atoms with Gasteiger partial charge in [0.25, 0.3) is 0 Å². The van der Waals surface area contributed by atoms with Crippen molar-refractivity contribution in [2.75, 3.05) is 40.0 Å². The first-order valence-electron chi connectivity index (χ1n) is 9.48. The molecule has 0 bridgehead atoms. The lowest BCUT2D eigenvalue weighted by Gasteiger charge is -2.35. The second-order valence-electron chi connectivity index (χ2n) is 6.92. The van der Waals surface area contributed by atoms with Crippen molar-refractivity contribution < 1.29 is 22.8 Å². The first-order valence-corrected chi connectivity index (χ1v) is 14.9. The maximum atomic E-state index is 11.3. The summed E-state index contributed by atoms with van der Waals surface area (Å²) in [7, 11) is -2.57. The zero-order valence-electron chi connectivity index (χ0n) is 17.4. The van der Waals surface area contributed by atoms with Gasteiger partial charge in [0.15, 0.2) is 0 Å². The zero-order valence-corrected chi connectivity index (χ0v) is 19.4. The van der Waals surface area contributed by atoms with Gasteiger partial charge in [-0.1, -0.05) is 19.6 Å². The van der Waals surface area contributed by atoms with E-state index in [9.17, 15) is 4.79 Å². The molecular formula is C17H39NO5Si2. The number of carbonyl (C=O) groups excluding carboxylic acids is 1. The van der Waals surface area contributed by atoms with E-state index in [4.69, 9.17) is 18.0 Å². The van der Waals surface area contributed by atoms with Gasteiger partial charge in [-0.15, -0.1) is 0 Å². The number of carbonyl (C=O) groups is 1. The Labute approximate surface area is 156 Å². The molecule has 0 rings (SSSR count). The monoisotopic (exact) mass is 393 g/mol. The standard InChI is InChI=1S/C17H39NO5Si2/c1-8-21-25(22-9-2,23-10-3)16-12-15-18(24(5,6)7)14-11-13-17(19)20-4/h8-16H2,1-7H3. The number of methoxy groups -OCH3 is 1. The van der Waals surface area contributed by atoms with E-state index < -0.39 is 17.0 Å². The van der Waals surface area contributed by atoms with Crippen molar-refractivity contribution in [3.8, 4) is 0 Å². The van der Waals surface area contributed by atoms with Crippen LogP contribution in [0.1, 0.15) is 40.0 Å². The smallest absolute Gasteiger partial charge is 0.469 e. The lowest BCUT2D eigenvalue weighted by atomic mass is 10.3. The van der Waals surface area contributed by atoms with E-state index >= 15 is 0 Å². The lowest BCUT2D eigenvalue weighted by molar-refractivity contribution is -0.140. The Bertz CT molecular complexity index is 346. The summed E-state index contributed by atoms with van der Waals surface area (Å²) in [5, 5.41) is 0. The van der Waals surface area contributed by atoms with Crippen LogP contribution in [0.4, 0.5) is 0 Å². The highest BCUT2D eigenvalue weighted by Crippen LogP contribution is 2.20. The highest BCUT2D eigenvalue weighted by molar-refractivity contribution is 6.73. The molecule has 0 heterocycles. The number of nitrogens with zero attached hydrogens (tertiary/aromatic N) is 1. The molecule has 0 unspecified atom stereocenters. The largest absolute Gasteiger partial charge is 0.500 e. The fraction of sp³-hybridized carbons (Fsp3) is 0.941. The number of rotatable bonds is 15. The van der Waals surface area contributed by atoms with Gasteiger partial charge < -0.3 is 22.6 Å². The SMILES string of the molecule is CCO[Si](CCCN(CCCC(=O)OC)[Si](C)(C)C)(OCC)OCC. The van der Waals surface area contributed by atoms with Crippen molar-refractivity contribution in [2.24, 2.45) is 0 Å². The molecule has 0 saturated heterocycles. The average molecular weight is 394 g/mol. The molecule has 0 aliphatic rings.